The number of rotatable bonds is 3. The molecule has 3 rings (SSSR count). The van der Waals surface area contributed by atoms with Crippen LogP contribution in [0.2, 0.25) is 5.02 Å². The fourth-order valence-corrected chi connectivity index (χ4v) is 3.06. The predicted molar refractivity (Wildman–Crippen MR) is 80.5 cm³/mol. The summed E-state index contributed by atoms with van der Waals surface area (Å²) in [5.41, 5.74) is 3.17. The molecule has 104 valence electrons. The molecule has 0 heterocycles. The Morgan fingerprint density at radius 2 is 1.95 bits per heavy atom. The Morgan fingerprint density at radius 3 is 2.70 bits per heavy atom. The van der Waals surface area contributed by atoms with Crippen molar-refractivity contribution in [3.63, 3.8) is 0 Å². The lowest BCUT2D eigenvalue weighted by Gasteiger charge is -2.21. The van der Waals surface area contributed by atoms with E-state index < -0.39 is 0 Å². The van der Waals surface area contributed by atoms with Crippen LogP contribution >= 0.6 is 11.6 Å². The Hall–Kier alpha value is -1.38. The van der Waals surface area contributed by atoms with Gasteiger partial charge in [0.15, 0.2) is 0 Å². The molecular weight excluding hydrogens is 273 g/mol. The molecular formula is C17H17ClFN. The van der Waals surface area contributed by atoms with Crippen LogP contribution in [-0.2, 0) is 6.42 Å². The zero-order chi connectivity index (χ0) is 14.1. The van der Waals surface area contributed by atoms with Crippen molar-refractivity contribution in [2.24, 2.45) is 0 Å². The number of benzene rings is 2. The van der Waals surface area contributed by atoms with E-state index in [-0.39, 0.29) is 17.9 Å². The zero-order valence-corrected chi connectivity index (χ0v) is 12.1. The molecule has 2 unspecified atom stereocenters. The van der Waals surface area contributed by atoms with E-state index in [1.54, 1.807) is 12.1 Å². The third-order valence-electron chi connectivity index (χ3n) is 4.03. The first-order valence-corrected chi connectivity index (χ1v) is 7.32. The lowest BCUT2D eigenvalue weighted by Crippen LogP contribution is -2.23. The van der Waals surface area contributed by atoms with E-state index >= 15 is 0 Å². The van der Waals surface area contributed by atoms with Gasteiger partial charge >= 0.3 is 0 Å². The van der Waals surface area contributed by atoms with E-state index in [1.807, 2.05) is 30.3 Å². The number of halogens is 2. The molecule has 1 N–H and O–H groups in total. The Bertz CT molecular complexity index is 609. The van der Waals surface area contributed by atoms with Crippen LogP contribution in [0, 0.1) is 5.82 Å². The van der Waals surface area contributed by atoms with E-state index in [0.29, 0.717) is 0 Å². The second-order valence-corrected chi connectivity index (χ2v) is 5.78. The number of hydrogen-bond donors (Lipinski definition) is 1. The highest BCUT2D eigenvalue weighted by atomic mass is 35.5. The highest BCUT2D eigenvalue weighted by Crippen LogP contribution is 2.34. The second kappa shape index (κ2) is 5.55. The van der Waals surface area contributed by atoms with Crippen molar-refractivity contribution in [2.75, 3.05) is 0 Å². The van der Waals surface area contributed by atoms with Crippen molar-refractivity contribution in [1.82, 2.24) is 5.32 Å². The Kier molecular flexibility index (Phi) is 3.77. The lowest BCUT2D eigenvalue weighted by molar-refractivity contribution is 0.465. The molecule has 0 spiro atoms. The summed E-state index contributed by atoms with van der Waals surface area (Å²) in [6, 6.07) is 13.7. The van der Waals surface area contributed by atoms with Crippen LogP contribution in [0.5, 0.6) is 0 Å². The zero-order valence-electron chi connectivity index (χ0n) is 11.4. The summed E-state index contributed by atoms with van der Waals surface area (Å²) >= 11 is 5.91. The highest BCUT2D eigenvalue weighted by molar-refractivity contribution is 6.30. The Labute approximate surface area is 123 Å². The molecule has 0 saturated carbocycles. The van der Waals surface area contributed by atoms with E-state index in [1.165, 1.54) is 5.56 Å². The standard InChI is InChI=1S/C17H17ClFN/c1-11(12-5-7-13(18)8-6-12)20-17-10-9-14-15(17)3-2-4-16(14)19/h2-8,11,17,20H,9-10H2,1H3. The molecule has 0 aliphatic heterocycles. The summed E-state index contributed by atoms with van der Waals surface area (Å²) in [6.45, 7) is 2.13. The summed E-state index contributed by atoms with van der Waals surface area (Å²) in [5, 5.41) is 4.33. The summed E-state index contributed by atoms with van der Waals surface area (Å²) in [6.07, 6.45) is 1.77. The molecule has 3 heteroatoms. The first-order chi connectivity index (χ1) is 9.65. The van der Waals surface area contributed by atoms with Crippen molar-refractivity contribution in [3.8, 4) is 0 Å². The maximum absolute atomic E-state index is 13.7. The van der Waals surface area contributed by atoms with Crippen molar-refractivity contribution in [3.05, 3.63) is 70.0 Å². The Morgan fingerprint density at radius 1 is 1.20 bits per heavy atom. The SMILES string of the molecule is CC(NC1CCc2c(F)cccc21)c1ccc(Cl)cc1. The summed E-state index contributed by atoms with van der Waals surface area (Å²) < 4.78 is 13.7. The van der Waals surface area contributed by atoms with Gasteiger partial charge in [0.2, 0.25) is 0 Å². The fraction of sp³-hybridized carbons (Fsp3) is 0.294. The van der Waals surface area contributed by atoms with E-state index in [4.69, 9.17) is 11.6 Å². The molecule has 2 atom stereocenters. The highest BCUT2D eigenvalue weighted by Gasteiger charge is 2.25. The van der Waals surface area contributed by atoms with Crippen molar-refractivity contribution < 1.29 is 4.39 Å². The van der Waals surface area contributed by atoms with Crippen LogP contribution in [0.25, 0.3) is 0 Å². The first kappa shape index (κ1) is 13.6. The minimum atomic E-state index is -0.0778. The van der Waals surface area contributed by atoms with Gasteiger partial charge in [0.05, 0.1) is 0 Å². The largest absolute Gasteiger partial charge is 0.303 e. The van der Waals surface area contributed by atoms with Crippen LogP contribution in [0.4, 0.5) is 4.39 Å². The average Bonchev–Trinajstić information content (AvgIpc) is 2.84. The minimum absolute atomic E-state index is 0.0778. The van der Waals surface area contributed by atoms with Gasteiger partial charge in [0.1, 0.15) is 5.82 Å². The minimum Gasteiger partial charge on any atom is -0.303 e. The monoisotopic (exact) mass is 289 g/mol. The van der Waals surface area contributed by atoms with Crippen LogP contribution in [0.1, 0.15) is 42.1 Å². The molecule has 20 heavy (non-hydrogen) atoms. The number of nitrogens with one attached hydrogen (secondary N) is 1. The maximum Gasteiger partial charge on any atom is 0.126 e. The summed E-state index contributed by atoms with van der Waals surface area (Å²) in [5.74, 6) is -0.0778. The van der Waals surface area contributed by atoms with Crippen LogP contribution in [-0.4, -0.2) is 0 Å². The molecule has 0 radical (unpaired) electrons. The van der Waals surface area contributed by atoms with Crippen LogP contribution < -0.4 is 5.32 Å². The molecule has 1 nitrogen and oxygen atoms in total. The topological polar surface area (TPSA) is 12.0 Å². The fourth-order valence-electron chi connectivity index (χ4n) is 2.93. The third kappa shape index (κ3) is 2.58. The van der Waals surface area contributed by atoms with Gasteiger partial charge in [-0.15, -0.1) is 0 Å². The molecule has 2 aromatic carbocycles. The molecule has 0 fully saturated rings. The van der Waals surface area contributed by atoms with Gasteiger partial charge in [-0.05, 0) is 54.7 Å². The second-order valence-electron chi connectivity index (χ2n) is 5.34. The molecule has 0 aromatic heterocycles. The lowest BCUT2D eigenvalue weighted by atomic mass is 10.0. The normalized spacial score (nSPS) is 18.9. The van der Waals surface area contributed by atoms with Gasteiger partial charge in [0, 0.05) is 17.1 Å². The quantitative estimate of drug-likeness (QED) is 0.854. The van der Waals surface area contributed by atoms with Crippen molar-refractivity contribution >= 4 is 11.6 Å². The van der Waals surface area contributed by atoms with Crippen LogP contribution in [0.15, 0.2) is 42.5 Å². The number of hydrogen-bond acceptors (Lipinski definition) is 1. The van der Waals surface area contributed by atoms with Gasteiger partial charge in [-0.2, -0.15) is 0 Å². The average molecular weight is 290 g/mol. The van der Waals surface area contributed by atoms with Gasteiger partial charge in [-0.3, -0.25) is 0 Å². The van der Waals surface area contributed by atoms with E-state index in [2.05, 4.69) is 12.2 Å². The van der Waals surface area contributed by atoms with Crippen molar-refractivity contribution in [2.45, 2.75) is 31.8 Å². The van der Waals surface area contributed by atoms with Gasteiger partial charge in [-0.25, -0.2) is 4.39 Å². The number of fused-ring (bicyclic) bond motifs is 1. The third-order valence-corrected chi connectivity index (χ3v) is 4.29. The summed E-state index contributed by atoms with van der Waals surface area (Å²) in [4.78, 5) is 0. The van der Waals surface area contributed by atoms with Gasteiger partial charge < -0.3 is 5.32 Å². The molecule has 0 saturated heterocycles. The molecule has 0 amide bonds. The van der Waals surface area contributed by atoms with E-state index in [0.717, 1.165) is 29.0 Å². The van der Waals surface area contributed by atoms with E-state index in [9.17, 15) is 4.39 Å². The maximum atomic E-state index is 13.7. The molecule has 1 aliphatic rings. The van der Waals surface area contributed by atoms with Crippen molar-refractivity contribution in [1.29, 1.82) is 0 Å². The molecule has 2 aromatic rings. The van der Waals surface area contributed by atoms with Crippen LogP contribution in [0.3, 0.4) is 0 Å². The Balaban J connectivity index is 1.77. The molecule has 0 bridgehead atoms. The summed E-state index contributed by atoms with van der Waals surface area (Å²) in [7, 11) is 0. The van der Waals surface area contributed by atoms with Gasteiger partial charge in [-0.1, -0.05) is 35.9 Å². The predicted octanol–water partition coefficient (Wildman–Crippen LogP) is 4.82. The smallest absolute Gasteiger partial charge is 0.126 e. The van der Waals surface area contributed by atoms with Gasteiger partial charge in [0.25, 0.3) is 0 Å². The first-order valence-electron chi connectivity index (χ1n) is 6.94. The molecule has 1 aliphatic carbocycles.